The third kappa shape index (κ3) is 3.71. The molecule has 3 rings (SSSR count). The number of primary amides is 1. The standard InChI is InChI=1S/C21H27N3O6/c1-4-5-6-11-16-21(17(30-13(3)25)12(2)29-20(28)23-21)24(16)19(27)15-10-8-7-9-14(15)18(22)26/h7-10,12,16-17H,4-6,11H2,1-3H3,(H2,22,26)(H,23,28)/t12-,16?,17-,21+,24?/m0/s1. The Morgan fingerprint density at radius 1 is 1.23 bits per heavy atom. The first-order valence-corrected chi connectivity index (χ1v) is 10.1. The molecule has 2 fully saturated rings. The molecule has 162 valence electrons. The average molecular weight is 417 g/mol. The van der Waals surface area contributed by atoms with Gasteiger partial charge in [0.05, 0.1) is 17.2 Å². The predicted octanol–water partition coefficient (Wildman–Crippen LogP) is 1.95. The molecule has 30 heavy (non-hydrogen) atoms. The minimum absolute atomic E-state index is 0.0901. The fourth-order valence-corrected chi connectivity index (χ4v) is 4.31. The highest BCUT2D eigenvalue weighted by atomic mass is 16.6. The zero-order valence-corrected chi connectivity index (χ0v) is 17.3. The SMILES string of the molecule is CCCCCC1N(C(=O)c2ccccc2C(N)=O)[C@]12NC(=O)O[C@@H](C)[C@@H]2OC(C)=O. The maximum atomic E-state index is 13.5. The van der Waals surface area contributed by atoms with E-state index in [0.717, 1.165) is 19.3 Å². The normalized spacial score (nSPS) is 27.2. The lowest BCUT2D eigenvalue weighted by molar-refractivity contribution is -0.160. The van der Waals surface area contributed by atoms with Gasteiger partial charge in [-0.05, 0) is 25.5 Å². The summed E-state index contributed by atoms with van der Waals surface area (Å²) in [6, 6.07) is 5.84. The number of amides is 3. The third-order valence-electron chi connectivity index (χ3n) is 5.62. The molecule has 3 amide bonds. The summed E-state index contributed by atoms with van der Waals surface area (Å²) < 4.78 is 10.7. The van der Waals surface area contributed by atoms with E-state index in [1.165, 1.54) is 24.0 Å². The van der Waals surface area contributed by atoms with Crippen molar-refractivity contribution in [1.82, 2.24) is 10.2 Å². The van der Waals surface area contributed by atoms with Crippen molar-refractivity contribution in [2.75, 3.05) is 0 Å². The molecule has 3 N–H and O–H groups in total. The van der Waals surface area contributed by atoms with E-state index in [4.69, 9.17) is 15.2 Å². The maximum absolute atomic E-state index is 13.5. The van der Waals surface area contributed by atoms with Gasteiger partial charge in [-0.3, -0.25) is 19.7 Å². The molecule has 0 aliphatic carbocycles. The summed E-state index contributed by atoms with van der Waals surface area (Å²) in [6.45, 7) is 4.95. The van der Waals surface area contributed by atoms with Crippen LogP contribution in [0.2, 0.25) is 0 Å². The molecule has 4 atom stereocenters. The van der Waals surface area contributed by atoms with Gasteiger partial charge in [0.25, 0.3) is 5.91 Å². The van der Waals surface area contributed by atoms with Gasteiger partial charge < -0.3 is 20.1 Å². The molecule has 0 radical (unpaired) electrons. The Hall–Kier alpha value is -3.10. The first-order valence-electron chi connectivity index (χ1n) is 10.1. The summed E-state index contributed by atoms with van der Waals surface area (Å²) in [5, 5.41) is 2.73. The molecule has 2 heterocycles. The van der Waals surface area contributed by atoms with Crippen LogP contribution in [-0.2, 0) is 14.3 Å². The van der Waals surface area contributed by atoms with Crippen LogP contribution >= 0.6 is 0 Å². The van der Waals surface area contributed by atoms with E-state index in [9.17, 15) is 19.2 Å². The molecule has 0 saturated carbocycles. The van der Waals surface area contributed by atoms with Gasteiger partial charge in [0.2, 0.25) is 5.91 Å². The number of benzene rings is 1. The van der Waals surface area contributed by atoms with Crippen LogP contribution in [0.3, 0.4) is 0 Å². The number of carbonyl (C=O) groups is 4. The quantitative estimate of drug-likeness (QED) is 0.396. The number of esters is 1. The van der Waals surface area contributed by atoms with Gasteiger partial charge in [-0.2, -0.15) is 0 Å². The molecule has 9 nitrogen and oxygen atoms in total. The maximum Gasteiger partial charge on any atom is 0.409 e. The predicted molar refractivity (Wildman–Crippen MR) is 106 cm³/mol. The number of carbonyl (C=O) groups excluding carboxylic acids is 4. The number of alkyl carbamates (subject to hydrolysis) is 1. The minimum atomic E-state index is -1.23. The Kier molecular flexibility index (Phi) is 6.00. The second-order valence-corrected chi connectivity index (χ2v) is 7.69. The highest BCUT2D eigenvalue weighted by Gasteiger charge is 2.74. The number of nitrogens with two attached hydrogens (primary N) is 1. The van der Waals surface area contributed by atoms with Crippen LogP contribution in [0, 0.1) is 0 Å². The highest BCUT2D eigenvalue weighted by Crippen LogP contribution is 2.49. The number of hydrogen-bond acceptors (Lipinski definition) is 6. The fourth-order valence-electron chi connectivity index (χ4n) is 4.31. The molecule has 2 saturated heterocycles. The molecule has 1 aromatic carbocycles. The van der Waals surface area contributed by atoms with Crippen LogP contribution < -0.4 is 11.1 Å². The van der Waals surface area contributed by atoms with E-state index in [-0.39, 0.29) is 11.1 Å². The minimum Gasteiger partial charge on any atom is -0.454 e. The number of nitrogens with one attached hydrogen (secondary N) is 1. The summed E-state index contributed by atoms with van der Waals surface area (Å²) in [6.07, 6.45) is 1.03. The Bertz CT molecular complexity index is 872. The van der Waals surface area contributed by atoms with Crippen LogP contribution in [0.25, 0.3) is 0 Å². The zero-order chi connectivity index (χ0) is 22.1. The Morgan fingerprint density at radius 3 is 2.50 bits per heavy atom. The van der Waals surface area contributed by atoms with E-state index in [2.05, 4.69) is 12.2 Å². The van der Waals surface area contributed by atoms with E-state index >= 15 is 0 Å². The van der Waals surface area contributed by atoms with Gasteiger partial charge in [0, 0.05) is 6.92 Å². The van der Waals surface area contributed by atoms with E-state index < -0.39 is 47.8 Å². The summed E-state index contributed by atoms with van der Waals surface area (Å²) in [5.41, 5.74) is 4.44. The molecular formula is C21H27N3O6. The van der Waals surface area contributed by atoms with Gasteiger partial charge in [-0.15, -0.1) is 0 Å². The van der Waals surface area contributed by atoms with Crippen molar-refractivity contribution < 1.29 is 28.7 Å². The smallest absolute Gasteiger partial charge is 0.409 e. The fraction of sp³-hybridized carbons (Fsp3) is 0.524. The van der Waals surface area contributed by atoms with Crippen molar-refractivity contribution in [3.8, 4) is 0 Å². The summed E-state index contributed by atoms with van der Waals surface area (Å²) in [7, 11) is 0. The van der Waals surface area contributed by atoms with Gasteiger partial charge in [0.15, 0.2) is 11.8 Å². The molecule has 1 unspecified atom stereocenters. The van der Waals surface area contributed by atoms with Crippen LogP contribution in [-0.4, -0.2) is 52.7 Å². The first-order chi connectivity index (χ1) is 14.2. The molecule has 1 spiro atoms. The van der Waals surface area contributed by atoms with E-state index in [1.807, 2.05) is 0 Å². The van der Waals surface area contributed by atoms with E-state index in [0.29, 0.717) is 6.42 Å². The van der Waals surface area contributed by atoms with E-state index in [1.54, 1.807) is 19.1 Å². The summed E-state index contributed by atoms with van der Waals surface area (Å²) in [4.78, 5) is 50.8. The third-order valence-corrected chi connectivity index (χ3v) is 5.62. The highest BCUT2D eigenvalue weighted by molar-refractivity contribution is 6.08. The summed E-state index contributed by atoms with van der Waals surface area (Å²) in [5.74, 6) is -1.73. The number of hydrogen-bond donors (Lipinski definition) is 2. The van der Waals surface area contributed by atoms with Crippen LogP contribution in [0.15, 0.2) is 24.3 Å². The molecule has 0 bridgehead atoms. The van der Waals surface area contributed by atoms with Crippen molar-refractivity contribution in [2.24, 2.45) is 5.73 Å². The largest absolute Gasteiger partial charge is 0.454 e. The van der Waals surface area contributed by atoms with Crippen molar-refractivity contribution in [1.29, 1.82) is 0 Å². The van der Waals surface area contributed by atoms with Crippen LogP contribution in [0.1, 0.15) is 67.2 Å². The number of rotatable bonds is 7. The number of ether oxygens (including phenoxy) is 2. The van der Waals surface area contributed by atoms with Crippen molar-refractivity contribution >= 4 is 23.9 Å². The molecule has 2 aliphatic heterocycles. The Labute approximate surface area is 174 Å². The van der Waals surface area contributed by atoms with Gasteiger partial charge in [-0.1, -0.05) is 38.3 Å². The van der Waals surface area contributed by atoms with Crippen LogP contribution in [0.4, 0.5) is 4.79 Å². The van der Waals surface area contributed by atoms with Crippen molar-refractivity contribution in [3.63, 3.8) is 0 Å². The van der Waals surface area contributed by atoms with Gasteiger partial charge in [-0.25, -0.2) is 4.79 Å². The van der Waals surface area contributed by atoms with Crippen LogP contribution in [0.5, 0.6) is 0 Å². The summed E-state index contributed by atoms with van der Waals surface area (Å²) >= 11 is 0. The Morgan fingerprint density at radius 2 is 1.90 bits per heavy atom. The first kappa shape index (κ1) is 21.6. The number of cyclic esters (lactones) is 1. The number of unbranched alkanes of at least 4 members (excludes halogenated alkanes) is 2. The Balaban J connectivity index is 2.02. The van der Waals surface area contributed by atoms with Gasteiger partial charge in [0.1, 0.15) is 6.10 Å². The molecular weight excluding hydrogens is 390 g/mol. The zero-order valence-electron chi connectivity index (χ0n) is 17.3. The lowest BCUT2D eigenvalue weighted by Crippen LogP contribution is -2.62. The lowest BCUT2D eigenvalue weighted by Gasteiger charge is -2.36. The molecule has 2 aliphatic rings. The monoisotopic (exact) mass is 417 g/mol. The molecule has 1 aromatic rings. The van der Waals surface area contributed by atoms with Crippen molar-refractivity contribution in [2.45, 2.75) is 70.4 Å². The second-order valence-electron chi connectivity index (χ2n) is 7.69. The second kappa shape index (κ2) is 8.33. The van der Waals surface area contributed by atoms with Crippen molar-refractivity contribution in [3.05, 3.63) is 35.4 Å². The molecule has 0 aromatic heterocycles. The topological polar surface area (TPSA) is 128 Å². The lowest BCUT2D eigenvalue weighted by atomic mass is 9.98. The average Bonchev–Trinajstić information content (AvgIpc) is 3.30. The molecule has 9 heteroatoms. The van der Waals surface area contributed by atoms with Gasteiger partial charge >= 0.3 is 12.1 Å². The number of nitrogens with zero attached hydrogens (tertiary/aromatic N) is 1.